The summed E-state index contributed by atoms with van der Waals surface area (Å²) in [4.78, 5) is 30.9. The van der Waals surface area contributed by atoms with Gasteiger partial charge in [-0.15, -0.1) is 0 Å². The van der Waals surface area contributed by atoms with Crippen molar-refractivity contribution < 1.29 is 23.1 Å². The van der Waals surface area contributed by atoms with Crippen LogP contribution in [-0.2, 0) is 16.0 Å². The van der Waals surface area contributed by atoms with Crippen molar-refractivity contribution in [3.8, 4) is 17.1 Å². The van der Waals surface area contributed by atoms with Gasteiger partial charge in [0.25, 0.3) is 0 Å². The predicted octanol–water partition coefficient (Wildman–Crippen LogP) is 4.30. The summed E-state index contributed by atoms with van der Waals surface area (Å²) in [5.41, 5.74) is 0.863. The molecule has 3 aromatic rings. The van der Waals surface area contributed by atoms with Gasteiger partial charge in [0.1, 0.15) is 11.6 Å². The van der Waals surface area contributed by atoms with Crippen molar-refractivity contribution in [3.05, 3.63) is 66.4 Å². The minimum Gasteiger partial charge on any atom is -0.495 e. The molecule has 7 nitrogen and oxygen atoms in total. The van der Waals surface area contributed by atoms with Crippen LogP contribution in [0.2, 0.25) is 0 Å². The summed E-state index contributed by atoms with van der Waals surface area (Å²) in [5.74, 6) is 0.297. The van der Waals surface area contributed by atoms with Crippen LogP contribution >= 0.6 is 0 Å². The van der Waals surface area contributed by atoms with Gasteiger partial charge in [-0.2, -0.15) is 0 Å². The van der Waals surface area contributed by atoms with Crippen LogP contribution in [0.1, 0.15) is 25.7 Å². The molecule has 0 unspecified atom stereocenters. The number of benzene rings is 2. The van der Waals surface area contributed by atoms with Crippen LogP contribution in [0.5, 0.6) is 5.75 Å². The van der Waals surface area contributed by atoms with Crippen molar-refractivity contribution in [2.24, 2.45) is 0 Å². The lowest BCUT2D eigenvalue weighted by molar-refractivity contribution is -0.134. The van der Waals surface area contributed by atoms with E-state index in [-0.39, 0.29) is 31.2 Å². The molecular formula is C24H26FN3O4. The van der Waals surface area contributed by atoms with Gasteiger partial charge in [0.15, 0.2) is 11.7 Å². The van der Waals surface area contributed by atoms with Gasteiger partial charge in [0.2, 0.25) is 11.8 Å². The number of aromatic nitrogens is 1. The lowest BCUT2D eigenvalue weighted by Crippen LogP contribution is -2.38. The molecule has 0 fully saturated rings. The van der Waals surface area contributed by atoms with Crippen LogP contribution in [0, 0.1) is 5.82 Å². The summed E-state index contributed by atoms with van der Waals surface area (Å²) in [6.07, 6.45) is 2.54. The zero-order valence-electron chi connectivity index (χ0n) is 18.1. The summed E-state index contributed by atoms with van der Waals surface area (Å²) in [5, 5.41) is 2.78. The van der Waals surface area contributed by atoms with E-state index < -0.39 is 5.82 Å². The normalized spacial score (nSPS) is 10.6. The van der Waals surface area contributed by atoms with Crippen LogP contribution < -0.4 is 10.1 Å². The number of anilines is 1. The Morgan fingerprint density at radius 1 is 1.16 bits per heavy atom. The fourth-order valence-electron chi connectivity index (χ4n) is 3.26. The van der Waals surface area contributed by atoms with E-state index in [2.05, 4.69) is 10.3 Å². The van der Waals surface area contributed by atoms with Crippen molar-refractivity contribution in [3.63, 3.8) is 0 Å². The summed E-state index contributed by atoms with van der Waals surface area (Å²) in [6.45, 7) is 2.31. The molecule has 0 aliphatic rings. The number of hydrogen-bond donors (Lipinski definition) is 1. The number of nitrogens with one attached hydrogen (secondary N) is 1. The second-order valence-electron chi connectivity index (χ2n) is 7.16. The molecule has 0 radical (unpaired) electrons. The maximum Gasteiger partial charge on any atom is 0.244 e. The molecule has 0 atom stereocenters. The number of nitrogens with zero attached hydrogens (tertiary/aromatic N) is 2. The number of amides is 2. The number of carbonyl (C=O) groups excluding carboxylic acids is 2. The maximum atomic E-state index is 13.9. The monoisotopic (exact) mass is 439 g/mol. The molecule has 168 valence electrons. The van der Waals surface area contributed by atoms with Crippen molar-refractivity contribution >= 4 is 17.5 Å². The topological polar surface area (TPSA) is 84.7 Å². The van der Waals surface area contributed by atoms with Gasteiger partial charge >= 0.3 is 0 Å². The van der Waals surface area contributed by atoms with Crippen LogP contribution in [0.4, 0.5) is 10.1 Å². The van der Waals surface area contributed by atoms with Crippen LogP contribution in [0.25, 0.3) is 11.3 Å². The highest BCUT2D eigenvalue weighted by Crippen LogP contribution is 2.24. The first-order valence-corrected chi connectivity index (χ1v) is 10.4. The second kappa shape index (κ2) is 11.1. The number of para-hydroxylation sites is 2. The Hall–Kier alpha value is -3.68. The lowest BCUT2D eigenvalue weighted by Gasteiger charge is -2.21. The van der Waals surface area contributed by atoms with Gasteiger partial charge in [-0.1, -0.05) is 31.2 Å². The molecule has 0 saturated carbocycles. The first-order chi connectivity index (χ1) is 15.5. The number of methoxy groups -OCH3 is 1. The first-order valence-electron chi connectivity index (χ1n) is 10.4. The van der Waals surface area contributed by atoms with E-state index in [0.29, 0.717) is 41.6 Å². The van der Waals surface area contributed by atoms with Gasteiger partial charge in [-0.05, 0) is 30.7 Å². The van der Waals surface area contributed by atoms with Gasteiger partial charge < -0.3 is 19.4 Å². The van der Waals surface area contributed by atoms with E-state index >= 15 is 0 Å². The van der Waals surface area contributed by atoms with E-state index in [1.807, 2.05) is 13.0 Å². The highest BCUT2D eigenvalue weighted by Gasteiger charge is 2.19. The molecule has 0 aliphatic heterocycles. The molecule has 0 bridgehead atoms. The number of carbonyl (C=O) groups is 2. The molecule has 1 N–H and O–H groups in total. The fraction of sp³-hybridized carbons (Fsp3) is 0.292. The van der Waals surface area contributed by atoms with Crippen LogP contribution in [0.3, 0.4) is 0 Å². The predicted molar refractivity (Wildman–Crippen MR) is 119 cm³/mol. The molecule has 0 aliphatic carbocycles. The molecule has 2 amide bonds. The SMILES string of the molecule is CCCN(CC(=O)Nc1ccccc1OC)C(=O)CCc1ncc(-c2ccccc2F)o1. The largest absolute Gasteiger partial charge is 0.495 e. The van der Waals surface area contributed by atoms with E-state index in [0.717, 1.165) is 0 Å². The Bertz CT molecular complexity index is 1070. The van der Waals surface area contributed by atoms with Crippen molar-refractivity contribution in [1.82, 2.24) is 9.88 Å². The Balaban J connectivity index is 1.58. The number of oxazole rings is 1. The first kappa shape index (κ1) is 23.0. The van der Waals surface area contributed by atoms with Crippen LogP contribution in [0.15, 0.2) is 59.1 Å². The molecular weight excluding hydrogens is 413 g/mol. The highest BCUT2D eigenvalue weighted by atomic mass is 19.1. The standard InChI is InChI=1S/C24H26FN3O4/c1-3-14-28(16-22(29)27-19-10-6-7-11-20(19)31-2)24(30)13-12-23-26-15-21(32-23)17-8-4-5-9-18(17)25/h4-11,15H,3,12-14,16H2,1-2H3,(H,27,29). The molecule has 0 saturated heterocycles. The van der Waals surface area contributed by atoms with Gasteiger partial charge in [-0.3, -0.25) is 9.59 Å². The zero-order chi connectivity index (χ0) is 22.9. The maximum absolute atomic E-state index is 13.9. The van der Waals surface area contributed by atoms with Crippen molar-refractivity contribution in [2.75, 3.05) is 25.5 Å². The average molecular weight is 439 g/mol. The van der Waals surface area contributed by atoms with Crippen molar-refractivity contribution in [2.45, 2.75) is 26.2 Å². The average Bonchev–Trinajstić information content (AvgIpc) is 3.26. The van der Waals surface area contributed by atoms with Gasteiger partial charge in [0, 0.05) is 19.4 Å². The highest BCUT2D eigenvalue weighted by molar-refractivity contribution is 5.95. The zero-order valence-corrected chi connectivity index (χ0v) is 18.1. The van der Waals surface area contributed by atoms with Crippen molar-refractivity contribution in [1.29, 1.82) is 0 Å². The van der Waals surface area contributed by atoms with Gasteiger partial charge in [0.05, 0.1) is 31.1 Å². The van der Waals surface area contributed by atoms with E-state index in [1.54, 1.807) is 36.4 Å². The summed E-state index contributed by atoms with van der Waals surface area (Å²) in [7, 11) is 1.53. The number of halogens is 1. The molecule has 32 heavy (non-hydrogen) atoms. The van der Waals surface area contributed by atoms with E-state index in [9.17, 15) is 14.0 Å². The van der Waals surface area contributed by atoms with E-state index in [1.165, 1.54) is 24.3 Å². The Labute approximate surface area is 186 Å². The molecule has 1 aromatic heterocycles. The van der Waals surface area contributed by atoms with E-state index in [4.69, 9.17) is 9.15 Å². The Morgan fingerprint density at radius 3 is 2.66 bits per heavy atom. The second-order valence-corrected chi connectivity index (χ2v) is 7.16. The van der Waals surface area contributed by atoms with Gasteiger partial charge in [-0.25, -0.2) is 9.37 Å². The minimum atomic E-state index is -0.401. The summed E-state index contributed by atoms with van der Waals surface area (Å²) >= 11 is 0. The summed E-state index contributed by atoms with van der Waals surface area (Å²) < 4.78 is 24.8. The molecule has 3 rings (SSSR count). The molecule has 2 aromatic carbocycles. The third-order valence-electron chi connectivity index (χ3n) is 4.81. The van der Waals surface area contributed by atoms with Crippen LogP contribution in [-0.4, -0.2) is 41.9 Å². The third-order valence-corrected chi connectivity index (χ3v) is 4.81. The summed E-state index contributed by atoms with van der Waals surface area (Å²) in [6, 6.07) is 13.3. The Morgan fingerprint density at radius 2 is 1.91 bits per heavy atom. The Kier molecular flexibility index (Phi) is 7.96. The molecule has 1 heterocycles. The molecule has 8 heteroatoms. The number of ether oxygens (including phenoxy) is 1. The quantitative estimate of drug-likeness (QED) is 0.509. The molecule has 0 spiro atoms. The lowest BCUT2D eigenvalue weighted by atomic mass is 10.2. The number of aryl methyl sites for hydroxylation is 1. The smallest absolute Gasteiger partial charge is 0.244 e. The third kappa shape index (κ3) is 5.94. The number of hydrogen-bond acceptors (Lipinski definition) is 5. The minimum absolute atomic E-state index is 0.0726. The fourth-order valence-corrected chi connectivity index (χ4v) is 3.26. The number of rotatable bonds is 10.